The van der Waals surface area contributed by atoms with Crippen molar-refractivity contribution in [3.63, 3.8) is 0 Å². The van der Waals surface area contributed by atoms with Crippen LogP contribution in [-0.2, 0) is 16.4 Å². The van der Waals surface area contributed by atoms with Gasteiger partial charge in [0.25, 0.3) is 0 Å². The molecule has 2 unspecified atom stereocenters. The molecule has 0 saturated carbocycles. The Hall–Kier alpha value is -2.00. The van der Waals surface area contributed by atoms with Crippen molar-refractivity contribution in [1.29, 1.82) is 0 Å². The van der Waals surface area contributed by atoms with Crippen LogP contribution in [0, 0.1) is 11.8 Å². The lowest BCUT2D eigenvalue weighted by molar-refractivity contribution is 0.222. The number of anilines is 2. The molecule has 1 aliphatic heterocycles. The highest BCUT2D eigenvalue weighted by Crippen LogP contribution is 2.27. The quantitative estimate of drug-likeness (QED) is 0.586. The maximum absolute atomic E-state index is 13.0. The van der Waals surface area contributed by atoms with Crippen LogP contribution in [0.5, 0.6) is 0 Å². The zero-order valence-electron chi connectivity index (χ0n) is 17.3. The van der Waals surface area contributed by atoms with Crippen LogP contribution in [-0.4, -0.2) is 42.6 Å². The van der Waals surface area contributed by atoms with Gasteiger partial charge in [-0.3, -0.25) is 0 Å². The molecule has 2 aromatic rings. The minimum Gasteiger partial charge on any atom is -0.396 e. The third kappa shape index (κ3) is 5.78. The summed E-state index contributed by atoms with van der Waals surface area (Å²) in [5, 5.41) is 15.6. The van der Waals surface area contributed by atoms with Gasteiger partial charge < -0.3 is 15.7 Å². The van der Waals surface area contributed by atoms with Gasteiger partial charge in [0.2, 0.25) is 10.0 Å². The lowest BCUT2D eigenvalue weighted by atomic mass is 9.94. The van der Waals surface area contributed by atoms with Gasteiger partial charge in [-0.25, -0.2) is 8.42 Å². The molecule has 1 fully saturated rings. The van der Waals surface area contributed by atoms with Gasteiger partial charge in [-0.2, -0.15) is 4.31 Å². The number of nitrogens with one attached hydrogen (secondary N) is 2. The number of hydrogen-bond donors (Lipinski definition) is 3. The number of hydrogen-bond acceptors (Lipinski definition) is 4. The van der Waals surface area contributed by atoms with Crippen LogP contribution >= 0.6 is 12.2 Å². The molecule has 2 aromatic carbocycles. The summed E-state index contributed by atoms with van der Waals surface area (Å²) >= 11 is 5.35. The van der Waals surface area contributed by atoms with Gasteiger partial charge in [0.05, 0.1) is 4.90 Å². The first-order valence-electron chi connectivity index (χ1n) is 10.2. The third-order valence-electron chi connectivity index (χ3n) is 5.20. The lowest BCUT2D eigenvalue weighted by Crippen LogP contribution is -2.42. The topological polar surface area (TPSA) is 81.7 Å². The second kappa shape index (κ2) is 9.87. The molecule has 8 heteroatoms. The van der Waals surface area contributed by atoms with Crippen LogP contribution in [0.1, 0.15) is 25.8 Å². The number of benzene rings is 2. The van der Waals surface area contributed by atoms with E-state index in [1.807, 2.05) is 24.3 Å². The number of piperidine rings is 1. The second-order valence-electron chi connectivity index (χ2n) is 8.04. The molecule has 1 heterocycles. The van der Waals surface area contributed by atoms with Crippen LogP contribution in [0.4, 0.5) is 11.4 Å². The Balaban J connectivity index is 1.61. The summed E-state index contributed by atoms with van der Waals surface area (Å²) in [7, 11) is -3.49. The standard InChI is InChI=1S/C22H29N3O3S2/c1-16-13-17(2)15-25(14-16)30(27,28)21-9-7-20(8-10-21)24-22(29)23-19-5-3-18(4-6-19)11-12-26/h3-10,16-17,26H,11-15H2,1-2H3,(H2,23,24,29). The largest absolute Gasteiger partial charge is 0.396 e. The van der Waals surface area contributed by atoms with Crippen molar-refractivity contribution in [2.24, 2.45) is 11.8 Å². The Kier molecular flexibility index (Phi) is 7.46. The summed E-state index contributed by atoms with van der Waals surface area (Å²) in [6.45, 7) is 5.45. The van der Waals surface area contributed by atoms with Crippen molar-refractivity contribution in [1.82, 2.24) is 4.31 Å². The molecular formula is C22H29N3O3S2. The molecule has 1 saturated heterocycles. The normalized spacial score (nSPS) is 20.0. The Morgan fingerprint density at radius 2 is 1.50 bits per heavy atom. The number of thiocarbonyl (C=S) groups is 1. The first-order chi connectivity index (χ1) is 14.3. The van der Waals surface area contributed by atoms with Gasteiger partial charge >= 0.3 is 0 Å². The van der Waals surface area contributed by atoms with Crippen LogP contribution in [0.15, 0.2) is 53.4 Å². The SMILES string of the molecule is CC1CC(C)CN(S(=O)(=O)c2ccc(NC(=S)Nc3ccc(CCO)cc3)cc2)C1. The average molecular weight is 448 g/mol. The zero-order chi connectivity index (χ0) is 21.7. The molecule has 30 heavy (non-hydrogen) atoms. The first-order valence-corrected chi connectivity index (χ1v) is 12.0. The molecule has 0 radical (unpaired) electrons. The predicted octanol–water partition coefficient (Wildman–Crippen LogP) is 3.70. The van der Waals surface area contributed by atoms with Crippen molar-refractivity contribution in [2.45, 2.75) is 31.6 Å². The van der Waals surface area contributed by atoms with E-state index >= 15 is 0 Å². The average Bonchev–Trinajstić information content (AvgIpc) is 2.69. The van der Waals surface area contributed by atoms with Crippen LogP contribution in [0.2, 0.25) is 0 Å². The van der Waals surface area contributed by atoms with Gasteiger partial charge in [-0.1, -0.05) is 26.0 Å². The van der Waals surface area contributed by atoms with Gasteiger partial charge in [0.1, 0.15) is 0 Å². The van der Waals surface area contributed by atoms with Crippen LogP contribution in [0.3, 0.4) is 0 Å². The molecule has 3 N–H and O–H groups in total. The van der Waals surface area contributed by atoms with E-state index in [-0.39, 0.29) is 6.61 Å². The molecule has 0 aliphatic carbocycles. The molecule has 3 rings (SSSR count). The molecular weight excluding hydrogens is 418 g/mol. The fourth-order valence-corrected chi connectivity index (χ4v) is 5.75. The summed E-state index contributed by atoms with van der Waals surface area (Å²) in [6, 6.07) is 14.3. The molecule has 0 bridgehead atoms. The maximum atomic E-state index is 13.0. The van der Waals surface area contributed by atoms with E-state index in [1.54, 1.807) is 28.6 Å². The van der Waals surface area contributed by atoms with Crippen LogP contribution in [0.25, 0.3) is 0 Å². The number of rotatable bonds is 6. The number of aliphatic hydroxyl groups is 1. The fourth-order valence-electron chi connectivity index (χ4n) is 3.84. The smallest absolute Gasteiger partial charge is 0.243 e. The summed E-state index contributed by atoms with van der Waals surface area (Å²) < 4.78 is 27.6. The van der Waals surface area contributed by atoms with Gasteiger partial charge in [-0.15, -0.1) is 0 Å². The van der Waals surface area contributed by atoms with Gasteiger partial charge in [0, 0.05) is 31.1 Å². The van der Waals surface area contributed by atoms with Crippen molar-refractivity contribution in [3.05, 3.63) is 54.1 Å². The predicted molar refractivity (Wildman–Crippen MR) is 125 cm³/mol. The molecule has 6 nitrogen and oxygen atoms in total. The summed E-state index contributed by atoms with van der Waals surface area (Å²) in [4.78, 5) is 0.299. The molecule has 0 aromatic heterocycles. The minimum atomic E-state index is -3.49. The molecule has 162 valence electrons. The number of aliphatic hydroxyl groups excluding tert-OH is 1. The van der Waals surface area contributed by atoms with Gasteiger partial charge in [-0.05, 0) is 78.9 Å². The van der Waals surface area contributed by atoms with E-state index in [0.29, 0.717) is 47.0 Å². The van der Waals surface area contributed by atoms with Crippen molar-refractivity contribution in [2.75, 3.05) is 30.3 Å². The molecule has 0 amide bonds. The summed E-state index contributed by atoms with van der Waals surface area (Å²) in [6.07, 6.45) is 1.68. The highest BCUT2D eigenvalue weighted by molar-refractivity contribution is 7.89. The molecule has 0 spiro atoms. The van der Waals surface area contributed by atoms with Crippen molar-refractivity contribution < 1.29 is 13.5 Å². The summed E-state index contributed by atoms with van der Waals surface area (Å²) in [5.41, 5.74) is 2.60. The second-order valence-corrected chi connectivity index (χ2v) is 10.4. The maximum Gasteiger partial charge on any atom is 0.243 e. The Labute approximate surface area is 184 Å². The fraction of sp³-hybridized carbons (Fsp3) is 0.409. The Morgan fingerprint density at radius 1 is 1.00 bits per heavy atom. The van der Waals surface area contributed by atoms with E-state index in [4.69, 9.17) is 17.3 Å². The van der Waals surface area contributed by atoms with E-state index in [9.17, 15) is 8.42 Å². The van der Waals surface area contributed by atoms with E-state index in [2.05, 4.69) is 24.5 Å². The Morgan fingerprint density at radius 3 is 2.00 bits per heavy atom. The van der Waals surface area contributed by atoms with Gasteiger partial charge in [0.15, 0.2) is 5.11 Å². The highest BCUT2D eigenvalue weighted by Gasteiger charge is 2.31. The van der Waals surface area contributed by atoms with E-state index in [1.165, 1.54) is 0 Å². The highest BCUT2D eigenvalue weighted by atomic mass is 32.2. The summed E-state index contributed by atoms with van der Waals surface area (Å²) in [5.74, 6) is 0.733. The van der Waals surface area contributed by atoms with Crippen molar-refractivity contribution in [3.8, 4) is 0 Å². The van der Waals surface area contributed by atoms with Crippen molar-refractivity contribution >= 4 is 38.7 Å². The minimum absolute atomic E-state index is 0.119. The first kappa shape index (κ1) is 22.7. The Bertz CT molecular complexity index is 950. The van der Waals surface area contributed by atoms with Crippen LogP contribution < -0.4 is 10.6 Å². The number of nitrogens with zero attached hydrogens (tertiary/aromatic N) is 1. The zero-order valence-corrected chi connectivity index (χ0v) is 19.0. The number of sulfonamides is 1. The van der Waals surface area contributed by atoms with E-state index < -0.39 is 10.0 Å². The third-order valence-corrected chi connectivity index (χ3v) is 7.25. The van der Waals surface area contributed by atoms with E-state index in [0.717, 1.165) is 17.7 Å². The lowest BCUT2D eigenvalue weighted by Gasteiger charge is -2.34. The monoisotopic (exact) mass is 447 g/mol. The molecule has 2 atom stereocenters. The molecule has 1 aliphatic rings.